The molecule has 1 N–H and O–H groups in total. The number of halogens is 1. The van der Waals surface area contributed by atoms with Crippen LogP contribution in [-0.2, 0) is 6.42 Å². The van der Waals surface area contributed by atoms with Crippen molar-refractivity contribution in [3.63, 3.8) is 0 Å². The summed E-state index contributed by atoms with van der Waals surface area (Å²) in [7, 11) is 1.92. The summed E-state index contributed by atoms with van der Waals surface area (Å²) in [4.78, 5) is 5.37. The SMILES string of the molecule is CNC(C)Cc1nc(-c2ccc(Br)s2)no1. The highest BCUT2D eigenvalue weighted by Gasteiger charge is 2.12. The summed E-state index contributed by atoms with van der Waals surface area (Å²) in [6.45, 7) is 2.08. The van der Waals surface area contributed by atoms with Gasteiger partial charge in [-0.05, 0) is 42.0 Å². The number of hydrogen-bond donors (Lipinski definition) is 1. The van der Waals surface area contributed by atoms with E-state index in [0.717, 1.165) is 15.1 Å². The fraction of sp³-hybridized carbons (Fsp3) is 0.400. The van der Waals surface area contributed by atoms with Gasteiger partial charge in [-0.25, -0.2) is 0 Å². The van der Waals surface area contributed by atoms with Gasteiger partial charge in [0.25, 0.3) is 0 Å². The van der Waals surface area contributed by atoms with Gasteiger partial charge in [0.15, 0.2) is 0 Å². The predicted octanol–water partition coefficient (Wildman–Crippen LogP) is 2.71. The van der Waals surface area contributed by atoms with Crippen LogP contribution in [0.5, 0.6) is 0 Å². The molecule has 0 saturated carbocycles. The number of hydrogen-bond acceptors (Lipinski definition) is 5. The normalized spacial score (nSPS) is 12.9. The van der Waals surface area contributed by atoms with E-state index in [1.54, 1.807) is 11.3 Å². The van der Waals surface area contributed by atoms with E-state index in [9.17, 15) is 0 Å². The van der Waals surface area contributed by atoms with Crippen molar-refractivity contribution in [1.29, 1.82) is 0 Å². The first-order chi connectivity index (χ1) is 7.69. The highest BCUT2D eigenvalue weighted by molar-refractivity contribution is 9.11. The Morgan fingerprint density at radius 3 is 3.00 bits per heavy atom. The molecule has 16 heavy (non-hydrogen) atoms. The molecule has 2 heterocycles. The van der Waals surface area contributed by atoms with E-state index in [4.69, 9.17) is 4.52 Å². The van der Waals surface area contributed by atoms with Gasteiger partial charge in [-0.2, -0.15) is 4.98 Å². The van der Waals surface area contributed by atoms with Gasteiger partial charge in [-0.1, -0.05) is 5.16 Å². The van der Waals surface area contributed by atoms with Crippen LogP contribution in [0.3, 0.4) is 0 Å². The highest BCUT2D eigenvalue weighted by atomic mass is 79.9. The van der Waals surface area contributed by atoms with E-state index >= 15 is 0 Å². The van der Waals surface area contributed by atoms with Crippen molar-refractivity contribution in [1.82, 2.24) is 15.5 Å². The molecule has 0 spiro atoms. The maximum Gasteiger partial charge on any atom is 0.228 e. The smallest absolute Gasteiger partial charge is 0.228 e. The molecule has 0 radical (unpaired) electrons. The maximum absolute atomic E-state index is 5.19. The van der Waals surface area contributed by atoms with Crippen LogP contribution >= 0.6 is 27.3 Å². The molecule has 0 aliphatic carbocycles. The molecule has 0 fully saturated rings. The first-order valence-corrected chi connectivity index (χ1v) is 6.55. The third-order valence-corrected chi connectivity index (χ3v) is 3.85. The minimum absolute atomic E-state index is 0.336. The molecule has 86 valence electrons. The lowest BCUT2D eigenvalue weighted by atomic mass is 10.2. The average Bonchev–Trinajstić information content (AvgIpc) is 2.87. The second-order valence-corrected chi connectivity index (χ2v) is 5.97. The van der Waals surface area contributed by atoms with Gasteiger partial charge in [-0.3, -0.25) is 0 Å². The van der Waals surface area contributed by atoms with Crippen LogP contribution in [0.25, 0.3) is 10.7 Å². The minimum Gasteiger partial charge on any atom is -0.339 e. The largest absolute Gasteiger partial charge is 0.339 e. The van der Waals surface area contributed by atoms with Crippen LogP contribution in [0, 0.1) is 0 Å². The summed E-state index contributed by atoms with van der Waals surface area (Å²) < 4.78 is 6.26. The third-order valence-electron chi connectivity index (χ3n) is 2.24. The summed E-state index contributed by atoms with van der Waals surface area (Å²) >= 11 is 5.00. The van der Waals surface area contributed by atoms with Gasteiger partial charge >= 0.3 is 0 Å². The Bertz CT molecular complexity index is 468. The lowest BCUT2D eigenvalue weighted by molar-refractivity contribution is 0.365. The number of aromatic nitrogens is 2. The summed E-state index contributed by atoms with van der Waals surface area (Å²) in [6.07, 6.45) is 0.746. The fourth-order valence-corrected chi connectivity index (χ4v) is 2.55. The van der Waals surface area contributed by atoms with E-state index in [2.05, 4.69) is 38.3 Å². The number of likely N-dealkylation sites (N-methyl/N-ethyl adjacent to an activating group) is 1. The zero-order valence-corrected chi connectivity index (χ0v) is 11.4. The van der Waals surface area contributed by atoms with Gasteiger partial charge in [0.1, 0.15) is 0 Å². The van der Waals surface area contributed by atoms with Crippen LogP contribution in [0.15, 0.2) is 20.4 Å². The Hall–Kier alpha value is -0.720. The van der Waals surface area contributed by atoms with Crippen LogP contribution in [0.2, 0.25) is 0 Å². The van der Waals surface area contributed by atoms with Crippen molar-refractivity contribution in [3.05, 3.63) is 21.8 Å². The zero-order chi connectivity index (χ0) is 11.5. The maximum atomic E-state index is 5.19. The molecule has 0 aliphatic heterocycles. The third kappa shape index (κ3) is 2.69. The number of nitrogens with one attached hydrogen (secondary N) is 1. The molecule has 0 amide bonds. The number of nitrogens with zero attached hydrogens (tertiary/aromatic N) is 2. The lowest BCUT2D eigenvalue weighted by Crippen LogP contribution is -2.23. The second-order valence-electron chi connectivity index (χ2n) is 3.51. The van der Waals surface area contributed by atoms with Crippen LogP contribution in [0.1, 0.15) is 12.8 Å². The summed E-state index contributed by atoms with van der Waals surface area (Å²) in [6, 6.07) is 4.29. The van der Waals surface area contributed by atoms with Crippen molar-refractivity contribution in [2.24, 2.45) is 0 Å². The molecule has 0 aromatic carbocycles. The van der Waals surface area contributed by atoms with E-state index < -0.39 is 0 Å². The van der Waals surface area contributed by atoms with Gasteiger partial charge in [0, 0.05) is 12.5 Å². The van der Waals surface area contributed by atoms with Gasteiger partial charge in [0.2, 0.25) is 11.7 Å². The number of thiophene rings is 1. The molecular weight excluding hydrogens is 290 g/mol. The Balaban J connectivity index is 2.13. The second kappa shape index (κ2) is 5.07. The molecule has 4 nitrogen and oxygen atoms in total. The van der Waals surface area contributed by atoms with Crippen molar-refractivity contribution in [2.75, 3.05) is 7.05 Å². The van der Waals surface area contributed by atoms with Crippen LogP contribution in [0.4, 0.5) is 0 Å². The Morgan fingerprint density at radius 1 is 1.56 bits per heavy atom. The van der Waals surface area contributed by atoms with Gasteiger partial charge in [0.05, 0.1) is 8.66 Å². The summed E-state index contributed by atoms with van der Waals surface area (Å²) in [5.41, 5.74) is 0. The minimum atomic E-state index is 0.336. The topological polar surface area (TPSA) is 51.0 Å². The van der Waals surface area contributed by atoms with E-state index in [1.165, 1.54) is 0 Å². The van der Waals surface area contributed by atoms with Gasteiger partial charge < -0.3 is 9.84 Å². The van der Waals surface area contributed by atoms with Crippen molar-refractivity contribution < 1.29 is 4.52 Å². The molecular formula is C10H12BrN3OS. The van der Waals surface area contributed by atoms with E-state index in [0.29, 0.717) is 17.8 Å². The molecule has 2 aromatic rings. The Kier molecular flexibility index (Phi) is 3.73. The molecule has 2 aromatic heterocycles. The molecule has 0 saturated heterocycles. The Labute approximate surface area is 106 Å². The highest BCUT2D eigenvalue weighted by Crippen LogP contribution is 2.29. The Morgan fingerprint density at radius 2 is 2.38 bits per heavy atom. The van der Waals surface area contributed by atoms with Gasteiger partial charge in [-0.15, -0.1) is 11.3 Å². The first-order valence-electron chi connectivity index (χ1n) is 4.94. The molecule has 1 atom stereocenters. The standard InChI is InChI=1S/C10H12BrN3OS/c1-6(12-2)5-9-13-10(14-15-9)7-3-4-8(11)16-7/h3-4,6,12H,5H2,1-2H3. The van der Waals surface area contributed by atoms with Crippen molar-refractivity contribution in [2.45, 2.75) is 19.4 Å². The van der Waals surface area contributed by atoms with Crippen molar-refractivity contribution >= 4 is 27.3 Å². The summed E-state index contributed by atoms with van der Waals surface area (Å²) in [5.74, 6) is 1.33. The fourth-order valence-electron chi connectivity index (χ4n) is 1.24. The van der Waals surface area contributed by atoms with Crippen LogP contribution < -0.4 is 5.32 Å². The molecule has 2 rings (SSSR count). The summed E-state index contributed by atoms with van der Waals surface area (Å²) in [5, 5.41) is 7.10. The first kappa shape index (κ1) is 11.8. The molecule has 1 unspecified atom stereocenters. The van der Waals surface area contributed by atoms with E-state index in [1.807, 2.05) is 19.2 Å². The van der Waals surface area contributed by atoms with Crippen molar-refractivity contribution in [3.8, 4) is 10.7 Å². The average molecular weight is 302 g/mol. The number of rotatable bonds is 4. The monoisotopic (exact) mass is 301 g/mol. The molecule has 6 heteroatoms. The van der Waals surface area contributed by atoms with Crippen LogP contribution in [-0.4, -0.2) is 23.2 Å². The van der Waals surface area contributed by atoms with E-state index in [-0.39, 0.29) is 0 Å². The molecule has 0 bridgehead atoms. The zero-order valence-electron chi connectivity index (χ0n) is 9.03. The molecule has 0 aliphatic rings. The quantitative estimate of drug-likeness (QED) is 0.943. The predicted molar refractivity (Wildman–Crippen MR) is 67.5 cm³/mol. The lowest BCUT2D eigenvalue weighted by Gasteiger charge is -2.04.